The molecule has 0 saturated heterocycles. The molecule has 120 valence electrons. The lowest BCUT2D eigenvalue weighted by atomic mass is 10.2. The van der Waals surface area contributed by atoms with Crippen LogP contribution in [0.25, 0.3) is 0 Å². The van der Waals surface area contributed by atoms with Gasteiger partial charge in [-0.1, -0.05) is 6.07 Å². The van der Waals surface area contributed by atoms with E-state index in [1.165, 1.54) is 5.56 Å². The van der Waals surface area contributed by atoms with Gasteiger partial charge in [0.1, 0.15) is 0 Å². The summed E-state index contributed by atoms with van der Waals surface area (Å²) in [6.07, 6.45) is 1.17. The lowest BCUT2D eigenvalue weighted by Gasteiger charge is -2.14. The van der Waals surface area contributed by atoms with Gasteiger partial charge in [-0.2, -0.15) is 0 Å². The number of hydrogen-bond donors (Lipinski definition) is 3. The fourth-order valence-electron chi connectivity index (χ4n) is 1.95. The van der Waals surface area contributed by atoms with E-state index in [0.717, 1.165) is 37.6 Å². The highest BCUT2D eigenvalue weighted by molar-refractivity contribution is 5.43. The number of rotatable bonds is 11. The van der Waals surface area contributed by atoms with Gasteiger partial charge in [0.05, 0.1) is 19.8 Å². The first-order valence-corrected chi connectivity index (χ1v) is 7.53. The predicted molar refractivity (Wildman–Crippen MR) is 85.0 cm³/mol. The van der Waals surface area contributed by atoms with Crippen molar-refractivity contribution in [1.82, 2.24) is 10.6 Å². The first-order chi connectivity index (χ1) is 10.2. The van der Waals surface area contributed by atoms with E-state index in [9.17, 15) is 0 Å². The summed E-state index contributed by atoms with van der Waals surface area (Å²) < 4.78 is 11.1. The molecule has 0 aliphatic rings. The highest BCUT2D eigenvalue weighted by atomic mass is 16.5. The zero-order chi connectivity index (χ0) is 15.5. The number of aliphatic hydroxyl groups excluding tert-OH is 1. The molecule has 0 spiro atoms. The SMILES string of the molecule is COc1cc(CNCCCNCCO)ccc1OC(C)C. The molecule has 0 amide bonds. The molecule has 0 aromatic heterocycles. The Kier molecular flexibility index (Phi) is 8.82. The van der Waals surface area contributed by atoms with Crippen LogP contribution in [0, 0.1) is 0 Å². The Morgan fingerprint density at radius 3 is 2.52 bits per heavy atom. The van der Waals surface area contributed by atoms with Gasteiger partial charge in [-0.15, -0.1) is 0 Å². The number of nitrogens with one attached hydrogen (secondary N) is 2. The van der Waals surface area contributed by atoms with Crippen molar-refractivity contribution in [3.05, 3.63) is 23.8 Å². The fraction of sp³-hybridized carbons (Fsp3) is 0.625. The highest BCUT2D eigenvalue weighted by Crippen LogP contribution is 2.28. The Labute approximate surface area is 127 Å². The minimum Gasteiger partial charge on any atom is -0.493 e. The number of benzene rings is 1. The summed E-state index contributed by atoms with van der Waals surface area (Å²) in [5.74, 6) is 1.55. The summed E-state index contributed by atoms with van der Waals surface area (Å²) in [5.41, 5.74) is 1.17. The number of aliphatic hydroxyl groups is 1. The largest absolute Gasteiger partial charge is 0.493 e. The van der Waals surface area contributed by atoms with Gasteiger partial charge < -0.3 is 25.2 Å². The Morgan fingerprint density at radius 1 is 1.10 bits per heavy atom. The van der Waals surface area contributed by atoms with E-state index in [0.29, 0.717) is 6.54 Å². The summed E-state index contributed by atoms with van der Waals surface area (Å²) in [5, 5.41) is 15.2. The molecule has 0 fully saturated rings. The molecule has 5 nitrogen and oxygen atoms in total. The second-order valence-corrected chi connectivity index (χ2v) is 5.16. The fourth-order valence-corrected chi connectivity index (χ4v) is 1.95. The van der Waals surface area contributed by atoms with Crippen molar-refractivity contribution in [2.24, 2.45) is 0 Å². The molecule has 0 saturated carbocycles. The molecule has 1 aromatic carbocycles. The standard InChI is InChI=1S/C16H28N2O3/c1-13(2)21-15-6-5-14(11-16(15)20-3)12-18-8-4-7-17-9-10-19/h5-6,11,13,17-19H,4,7-10,12H2,1-3H3. The third kappa shape index (κ3) is 7.32. The molecule has 1 aromatic rings. The van der Waals surface area contributed by atoms with Crippen LogP contribution in [0.15, 0.2) is 18.2 Å². The van der Waals surface area contributed by atoms with Crippen molar-refractivity contribution < 1.29 is 14.6 Å². The van der Waals surface area contributed by atoms with Crippen molar-refractivity contribution in [3.8, 4) is 11.5 Å². The molecule has 0 aliphatic carbocycles. The van der Waals surface area contributed by atoms with Gasteiger partial charge in [0.15, 0.2) is 11.5 Å². The van der Waals surface area contributed by atoms with Crippen molar-refractivity contribution in [2.45, 2.75) is 32.9 Å². The molecule has 0 heterocycles. The predicted octanol–water partition coefficient (Wildman–Crippen LogP) is 1.54. The van der Waals surface area contributed by atoms with Crippen LogP contribution in [-0.4, -0.2) is 44.6 Å². The van der Waals surface area contributed by atoms with Gasteiger partial charge in [-0.25, -0.2) is 0 Å². The van der Waals surface area contributed by atoms with Crippen LogP contribution >= 0.6 is 0 Å². The number of ether oxygens (including phenoxy) is 2. The Morgan fingerprint density at radius 2 is 1.86 bits per heavy atom. The van der Waals surface area contributed by atoms with Gasteiger partial charge in [0.2, 0.25) is 0 Å². The normalized spacial score (nSPS) is 10.9. The molecule has 21 heavy (non-hydrogen) atoms. The quantitative estimate of drug-likeness (QED) is 0.541. The Balaban J connectivity index is 2.35. The molecular formula is C16H28N2O3. The number of hydrogen-bond acceptors (Lipinski definition) is 5. The lowest BCUT2D eigenvalue weighted by molar-refractivity contribution is 0.230. The molecule has 0 atom stereocenters. The molecular weight excluding hydrogens is 268 g/mol. The third-order valence-corrected chi connectivity index (χ3v) is 2.92. The minimum absolute atomic E-state index is 0.134. The van der Waals surface area contributed by atoms with Crippen molar-refractivity contribution in [2.75, 3.05) is 33.4 Å². The second-order valence-electron chi connectivity index (χ2n) is 5.16. The Hall–Kier alpha value is -1.30. The first-order valence-electron chi connectivity index (χ1n) is 7.53. The van der Waals surface area contributed by atoms with Crippen LogP contribution in [0.5, 0.6) is 11.5 Å². The average molecular weight is 296 g/mol. The molecule has 0 radical (unpaired) electrons. The van der Waals surface area contributed by atoms with Crippen molar-refractivity contribution in [3.63, 3.8) is 0 Å². The third-order valence-electron chi connectivity index (χ3n) is 2.92. The molecule has 1 rings (SSSR count). The van der Waals surface area contributed by atoms with Crippen LogP contribution in [0.3, 0.4) is 0 Å². The zero-order valence-corrected chi connectivity index (χ0v) is 13.3. The molecule has 0 bridgehead atoms. The van der Waals surface area contributed by atoms with Crippen LogP contribution in [0.4, 0.5) is 0 Å². The van der Waals surface area contributed by atoms with E-state index < -0.39 is 0 Å². The molecule has 0 aliphatic heterocycles. The van der Waals surface area contributed by atoms with Crippen molar-refractivity contribution in [1.29, 1.82) is 0 Å². The van der Waals surface area contributed by atoms with Crippen molar-refractivity contribution >= 4 is 0 Å². The summed E-state index contributed by atoms with van der Waals surface area (Å²) in [6, 6.07) is 6.02. The topological polar surface area (TPSA) is 62.8 Å². The summed E-state index contributed by atoms with van der Waals surface area (Å²) in [6.45, 7) is 7.51. The maximum atomic E-state index is 8.64. The summed E-state index contributed by atoms with van der Waals surface area (Å²) in [4.78, 5) is 0. The molecule has 0 unspecified atom stereocenters. The number of methoxy groups -OCH3 is 1. The van der Waals surface area contributed by atoms with E-state index in [2.05, 4.69) is 16.7 Å². The first kappa shape index (κ1) is 17.8. The smallest absolute Gasteiger partial charge is 0.161 e. The summed E-state index contributed by atoms with van der Waals surface area (Å²) in [7, 11) is 1.66. The van der Waals surface area contributed by atoms with Crippen LogP contribution in [0.1, 0.15) is 25.8 Å². The van der Waals surface area contributed by atoms with Crippen LogP contribution in [0.2, 0.25) is 0 Å². The maximum absolute atomic E-state index is 8.64. The van der Waals surface area contributed by atoms with Crippen LogP contribution < -0.4 is 20.1 Å². The van der Waals surface area contributed by atoms with E-state index in [1.807, 2.05) is 26.0 Å². The van der Waals surface area contributed by atoms with Gasteiger partial charge in [-0.3, -0.25) is 0 Å². The van der Waals surface area contributed by atoms with E-state index in [-0.39, 0.29) is 12.7 Å². The lowest BCUT2D eigenvalue weighted by Crippen LogP contribution is -2.23. The van der Waals surface area contributed by atoms with Gasteiger partial charge in [0, 0.05) is 13.1 Å². The zero-order valence-electron chi connectivity index (χ0n) is 13.3. The van der Waals surface area contributed by atoms with E-state index in [4.69, 9.17) is 14.6 Å². The van der Waals surface area contributed by atoms with Gasteiger partial charge in [-0.05, 0) is 51.1 Å². The average Bonchev–Trinajstić information content (AvgIpc) is 2.47. The second kappa shape index (κ2) is 10.4. The maximum Gasteiger partial charge on any atom is 0.161 e. The molecule has 3 N–H and O–H groups in total. The monoisotopic (exact) mass is 296 g/mol. The van der Waals surface area contributed by atoms with E-state index in [1.54, 1.807) is 7.11 Å². The molecule has 5 heteroatoms. The Bertz CT molecular complexity index is 397. The highest BCUT2D eigenvalue weighted by Gasteiger charge is 2.07. The van der Waals surface area contributed by atoms with Crippen LogP contribution in [-0.2, 0) is 6.54 Å². The van der Waals surface area contributed by atoms with E-state index >= 15 is 0 Å². The van der Waals surface area contributed by atoms with Gasteiger partial charge in [0.25, 0.3) is 0 Å². The van der Waals surface area contributed by atoms with Gasteiger partial charge >= 0.3 is 0 Å². The summed E-state index contributed by atoms with van der Waals surface area (Å²) >= 11 is 0. The minimum atomic E-state index is 0.134.